The molecule has 0 spiro atoms. The first-order valence-corrected chi connectivity index (χ1v) is 17.0. The van der Waals surface area contributed by atoms with Crippen molar-refractivity contribution < 1.29 is 51.4 Å². The summed E-state index contributed by atoms with van der Waals surface area (Å²) in [5.74, 6) is -2.63. The van der Waals surface area contributed by atoms with Gasteiger partial charge in [0.15, 0.2) is 0 Å². The van der Waals surface area contributed by atoms with Gasteiger partial charge in [0.2, 0.25) is 0 Å². The Morgan fingerprint density at radius 1 is 0.500 bits per heavy atom. The van der Waals surface area contributed by atoms with Gasteiger partial charge in [-0.25, -0.2) is 14.4 Å². The van der Waals surface area contributed by atoms with Gasteiger partial charge in [0.1, 0.15) is 0 Å². The van der Waals surface area contributed by atoms with E-state index in [0.717, 1.165) is 32.3 Å². The molecule has 0 fully saturated rings. The Kier molecular flexibility index (Phi) is 13.8. The number of carboxylic acids is 3. The van der Waals surface area contributed by atoms with Crippen molar-refractivity contribution in [1.29, 1.82) is 0 Å². The van der Waals surface area contributed by atoms with Gasteiger partial charge in [0.25, 0.3) is 0 Å². The molecule has 7 heteroatoms. The molecule has 0 unspecified atom stereocenters. The summed E-state index contributed by atoms with van der Waals surface area (Å²) in [6, 6.07) is 38.2. The second kappa shape index (κ2) is 18.2. The number of hydrogen-bond donors (Lipinski definition) is 3. The van der Waals surface area contributed by atoms with E-state index in [0.29, 0.717) is 16.7 Å². The fourth-order valence-corrected chi connectivity index (χ4v) is 6.70. The Labute approximate surface area is 318 Å². The van der Waals surface area contributed by atoms with Crippen molar-refractivity contribution in [3.05, 3.63) is 172 Å². The molecule has 0 bridgehead atoms. The first-order chi connectivity index (χ1) is 24.6. The molecule has 0 radical (unpaired) electrons. The number of carboxylic acid groups (broad SMARTS) is 3. The molecule has 0 saturated carbocycles. The van der Waals surface area contributed by atoms with Gasteiger partial charge >= 0.3 is 17.9 Å². The first kappa shape index (κ1) is 39.4. The molecule has 6 nitrogen and oxygen atoms in total. The van der Waals surface area contributed by atoms with E-state index in [1.165, 1.54) is 25.7 Å². The molecule has 7 aromatic carbocycles. The number of rotatable bonds is 3. The monoisotopic (exact) mass is 725 g/mol. The average Bonchev–Trinajstić information content (AvgIpc) is 3.38. The topological polar surface area (TPSA) is 112 Å². The summed E-state index contributed by atoms with van der Waals surface area (Å²) in [5.41, 5.74) is 9.12. The first-order valence-electron chi connectivity index (χ1n) is 17.0. The van der Waals surface area contributed by atoms with E-state index >= 15 is 0 Å². The van der Waals surface area contributed by atoms with Crippen LogP contribution in [0.5, 0.6) is 0 Å². The molecule has 1 aliphatic rings. The van der Waals surface area contributed by atoms with Crippen LogP contribution in [0, 0.1) is 20.8 Å². The fourth-order valence-electron chi connectivity index (χ4n) is 6.70. The second-order valence-corrected chi connectivity index (χ2v) is 12.5. The Bertz CT molecular complexity index is 2100. The van der Waals surface area contributed by atoms with E-state index in [1.807, 2.05) is 91.0 Å². The van der Waals surface area contributed by atoms with Crippen molar-refractivity contribution in [3.63, 3.8) is 0 Å². The minimum Gasteiger partial charge on any atom is -0.478 e. The maximum atomic E-state index is 10.8. The SMILES string of the molecule is Cc1c2c([c-](C)c1C)CCCC2.O=C(O)c1cccc2ccccc12.O=C(O)c1cccc2ccccc12.O=C(O)c1cccc2ccccc12.[Ti]. The largest absolute Gasteiger partial charge is 0.478 e. The zero-order valence-electron chi connectivity index (χ0n) is 29.5. The van der Waals surface area contributed by atoms with Crippen molar-refractivity contribution in [3.8, 4) is 0 Å². The number of benzene rings is 6. The summed E-state index contributed by atoms with van der Waals surface area (Å²) >= 11 is 0. The number of aromatic carboxylic acids is 3. The zero-order chi connectivity index (χ0) is 36.5. The fraction of sp³-hybridized carbons (Fsp3) is 0.156. The molecule has 8 rings (SSSR count). The maximum absolute atomic E-state index is 10.8. The zero-order valence-corrected chi connectivity index (χ0v) is 31.1. The molecule has 0 aromatic heterocycles. The standard InChI is InChI=1S/C12H17.3C11H8O2.Ti/c1-8-9(2)11-6-4-5-7-12(11)10(8)3;3*12-11(13)10-7-3-5-8-4-1-2-6-9(8)10;/h4-7H2,1-3H3;3*1-7H,(H,12,13);/q-1;;;;. The van der Waals surface area contributed by atoms with Crippen molar-refractivity contribution in [2.75, 3.05) is 0 Å². The predicted molar refractivity (Wildman–Crippen MR) is 206 cm³/mol. The number of carbonyl (C=O) groups is 3. The third-order valence-electron chi connectivity index (χ3n) is 9.56. The summed E-state index contributed by atoms with van der Waals surface area (Å²) < 4.78 is 0. The van der Waals surface area contributed by atoms with E-state index in [1.54, 1.807) is 64.2 Å². The van der Waals surface area contributed by atoms with Crippen LogP contribution in [0.25, 0.3) is 32.3 Å². The van der Waals surface area contributed by atoms with E-state index in [2.05, 4.69) is 20.8 Å². The second-order valence-electron chi connectivity index (χ2n) is 12.5. The summed E-state index contributed by atoms with van der Waals surface area (Å²) in [7, 11) is 0. The molecule has 0 amide bonds. The van der Waals surface area contributed by atoms with Crippen molar-refractivity contribution in [2.45, 2.75) is 46.5 Å². The van der Waals surface area contributed by atoms with Crippen LogP contribution >= 0.6 is 0 Å². The molecule has 3 N–H and O–H groups in total. The summed E-state index contributed by atoms with van der Waals surface area (Å²) in [4.78, 5) is 32.4. The summed E-state index contributed by atoms with van der Waals surface area (Å²) in [5, 5.41) is 31.9. The number of fused-ring (bicyclic) bond motifs is 4. The Hall–Kier alpha value is -5.43. The molecule has 0 saturated heterocycles. The molecule has 7 aromatic rings. The van der Waals surface area contributed by atoms with Crippen LogP contribution < -0.4 is 0 Å². The van der Waals surface area contributed by atoms with Gasteiger partial charge in [0, 0.05) is 21.7 Å². The van der Waals surface area contributed by atoms with E-state index in [9.17, 15) is 14.4 Å². The Morgan fingerprint density at radius 3 is 1.17 bits per heavy atom. The van der Waals surface area contributed by atoms with Crippen LogP contribution in [0.15, 0.2) is 127 Å². The van der Waals surface area contributed by atoms with Gasteiger partial charge in [-0.2, -0.15) is 27.8 Å². The minimum absolute atomic E-state index is 0. The smallest absolute Gasteiger partial charge is 0.336 e. The molecule has 0 aliphatic heterocycles. The van der Waals surface area contributed by atoms with Crippen molar-refractivity contribution >= 4 is 50.2 Å². The van der Waals surface area contributed by atoms with Gasteiger partial charge in [-0.1, -0.05) is 156 Å². The molecular formula is C45H41O6Ti-. The summed E-state index contributed by atoms with van der Waals surface area (Å²) in [6.07, 6.45) is 5.46. The van der Waals surface area contributed by atoms with Gasteiger partial charge in [-0.15, -0.1) is 0 Å². The van der Waals surface area contributed by atoms with E-state index < -0.39 is 17.9 Å². The predicted octanol–water partition coefficient (Wildman–Crippen LogP) is 10.8. The third-order valence-corrected chi connectivity index (χ3v) is 9.56. The molecule has 1 aliphatic carbocycles. The van der Waals surface area contributed by atoms with Crippen LogP contribution in [0.3, 0.4) is 0 Å². The van der Waals surface area contributed by atoms with Gasteiger partial charge in [-0.3, -0.25) is 0 Å². The molecule has 52 heavy (non-hydrogen) atoms. The Balaban J connectivity index is 0.000000154. The third kappa shape index (κ3) is 9.07. The van der Waals surface area contributed by atoms with Gasteiger partial charge in [0.05, 0.1) is 16.7 Å². The van der Waals surface area contributed by atoms with Crippen LogP contribution in [0.2, 0.25) is 0 Å². The average molecular weight is 726 g/mol. The molecule has 262 valence electrons. The van der Waals surface area contributed by atoms with Gasteiger partial charge < -0.3 is 15.3 Å². The maximum Gasteiger partial charge on any atom is 0.336 e. The molecule has 0 atom stereocenters. The van der Waals surface area contributed by atoms with Crippen LogP contribution in [-0.4, -0.2) is 33.2 Å². The number of hydrogen-bond acceptors (Lipinski definition) is 3. The van der Waals surface area contributed by atoms with Crippen molar-refractivity contribution in [1.82, 2.24) is 0 Å². The normalized spacial score (nSPS) is 11.4. The molecule has 0 heterocycles. The van der Waals surface area contributed by atoms with Crippen LogP contribution in [-0.2, 0) is 34.6 Å². The van der Waals surface area contributed by atoms with E-state index in [4.69, 9.17) is 15.3 Å². The Morgan fingerprint density at radius 2 is 0.827 bits per heavy atom. The van der Waals surface area contributed by atoms with E-state index in [-0.39, 0.29) is 21.7 Å². The summed E-state index contributed by atoms with van der Waals surface area (Å²) in [6.45, 7) is 6.84. The van der Waals surface area contributed by atoms with Gasteiger partial charge in [-0.05, 0) is 50.5 Å². The van der Waals surface area contributed by atoms with Crippen LogP contribution in [0.4, 0.5) is 0 Å². The van der Waals surface area contributed by atoms with Crippen molar-refractivity contribution in [2.24, 2.45) is 0 Å². The molecular weight excluding hydrogens is 684 g/mol. The quantitative estimate of drug-likeness (QED) is 0.123. The minimum atomic E-state index is -0.878. The van der Waals surface area contributed by atoms with Crippen LogP contribution in [0.1, 0.15) is 71.7 Å².